The van der Waals surface area contributed by atoms with Crippen molar-refractivity contribution in [2.45, 2.75) is 6.92 Å². The number of aromatic carboxylic acids is 1. The Balaban J connectivity index is 2.03. The van der Waals surface area contributed by atoms with Crippen molar-refractivity contribution in [3.63, 3.8) is 0 Å². The summed E-state index contributed by atoms with van der Waals surface area (Å²) in [6.07, 6.45) is 5.00. The van der Waals surface area contributed by atoms with Gasteiger partial charge in [0.2, 0.25) is 0 Å². The van der Waals surface area contributed by atoms with Crippen LogP contribution in [0.1, 0.15) is 22.8 Å². The fraction of sp³-hybridized carbons (Fsp3) is 0.120. The first-order valence-electron chi connectivity index (χ1n) is 9.71. The number of carboxylic acid groups (broad SMARTS) is 1. The molecular formula is C25H21N3O4. The fourth-order valence-electron chi connectivity index (χ4n) is 3.30. The zero-order valence-corrected chi connectivity index (χ0v) is 17.9. The maximum atomic E-state index is 13.2. The van der Waals surface area contributed by atoms with Crippen molar-refractivity contribution in [3.05, 3.63) is 100 Å². The Kier molecular flexibility index (Phi) is 6.36. The minimum Gasteiger partial charge on any atom is -0.478 e. The van der Waals surface area contributed by atoms with Gasteiger partial charge in [-0.05, 0) is 42.3 Å². The van der Waals surface area contributed by atoms with Gasteiger partial charge in [-0.25, -0.2) is 9.64 Å². The van der Waals surface area contributed by atoms with Crippen molar-refractivity contribution in [2.24, 2.45) is 0 Å². The lowest BCUT2D eigenvalue weighted by Gasteiger charge is -2.28. The summed E-state index contributed by atoms with van der Waals surface area (Å²) in [4.78, 5) is 43.8. The molecule has 0 bridgehead atoms. The van der Waals surface area contributed by atoms with Gasteiger partial charge in [-0.2, -0.15) is 0 Å². The van der Waals surface area contributed by atoms with Gasteiger partial charge in [0.15, 0.2) is 0 Å². The lowest BCUT2D eigenvalue weighted by molar-refractivity contribution is -0.123. The maximum Gasteiger partial charge on any atom is 0.337 e. The lowest BCUT2D eigenvalue weighted by Crippen LogP contribution is -2.43. The summed E-state index contributed by atoms with van der Waals surface area (Å²) in [6.45, 7) is 8.95. The van der Waals surface area contributed by atoms with E-state index in [1.807, 2.05) is 43.3 Å². The van der Waals surface area contributed by atoms with E-state index in [2.05, 4.69) is 4.85 Å². The first kappa shape index (κ1) is 22.2. The molecule has 1 heterocycles. The topological polar surface area (TPSA) is 82.3 Å². The number of carbonyl (C=O) groups excluding carboxylic acids is 2. The molecule has 7 heteroatoms. The van der Waals surface area contributed by atoms with Crippen molar-refractivity contribution in [3.8, 4) is 0 Å². The number of para-hydroxylation sites is 1. The maximum absolute atomic E-state index is 13.2. The highest BCUT2D eigenvalue weighted by molar-refractivity contribution is 6.31. The lowest BCUT2D eigenvalue weighted by atomic mass is 9.97. The van der Waals surface area contributed by atoms with Gasteiger partial charge in [-0.3, -0.25) is 14.5 Å². The number of amides is 2. The molecule has 0 atom stereocenters. The van der Waals surface area contributed by atoms with Crippen LogP contribution in [0.5, 0.6) is 0 Å². The van der Waals surface area contributed by atoms with E-state index in [0.717, 1.165) is 16.2 Å². The molecule has 2 aromatic carbocycles. The zero-order chi connectivity index (χ0) is 23.4. The molecule has 1 aliphatic heterocycles. The molecule has 0 fully saturated rings. The van der Waals surface area contributed by atoms with E-state index in [-0.39, 0.29) is 28.1 Å². The molecule has 3 rings (SSSR count). The molecular weight excluding hydrogens is 406 g/mol. The summed E-state index contributed by atoms with van der Waals surface area (Å²) in [5.41, 5.74) is 1.87. The fourth-order valence-corrected chi connectivity index (χ4v) is 3.30. The molecule has 160 valence electrons. The molecule has 1 aliphatic rings. The number of allylic oxidation sites excluding steroid dienone is 2. The van der Waals surface area contributed by atoms with E-state index in [9.17, 15) is 19.5 Å². The van der Waals surface area contributed by atoms with Crippen LogP contribution < -0.4 is 9.80 Å². The van der Waals surface area contributed by atoms with Crippen LogP contribution in [0.3, 0.4) is 0 Å². The highest BCUT2D eigenvalue weighted by Crippen LogP contribution is 2.32. The smallest absolute Gasteiger partial charge is 0.337 e. The van der Waals surface area contributed by atoms with Crippen LogP contribution in [-0.2, 0) is 9.59 Å². The molecule has 0 aromatic heterocycles. The first-order chi connectivity index (χ1) is 15.3. The summed E-state index contributed by atoms with van der Waals surface area (Å²) in [5.74, 6) is -2.79. The van der Waals surface area contributed by atoms with Crippen LogP contribution in [0.2, 0.25) is 0 Å². The molecule has 2 amide bonds. The second-order valence-corrected chi connectivity index (χ2v) is 7.28. The van der Waals surface area contributed by atoms with Gasteiger partial charge in [-0.1, -0.05) is 42.5 Å². The molecule has 0 aliphatic carbocycles. The van der Waals surface area contributed by atoms with Crippen LogP contribution >= 0.6 is 0 Å². The third kappa shape index (κ3) is 4.20. The molecule has 0 saturated carbocycles. The van der Waals surface area contributed by atoms with Gasteiger partial charge in [0.25, 0.3) is 17.5 Å². The first-order valence-corrected chi connectivity index (χ1v) is 9.71. The van der Waals surface area contributed by atoms with Crippen molar-refractivity contribution >= 4 is 35.2 Å². The number of carbonyl (C=O) groups is 3. The molecule has 0 radical (unpaired) electrons. The SMILES string of the molecule is [C-]#[N+]C1=C(C)/C(=C\C=C\c2ccc(N(C)C)cc2)C(=O)N(c2ccccc2C(=O)O)C1=O. The summed E-state index contributed by atoms with van der Waals surface area (Å²) in [7, 11) is 3.90. The number of carboxylic acids is 1. The molecule has 0 unspecified atom stereocenters. The summed E-state index contributed by atoms with van der Waals surface area (Å²) >= 11 is 0. The third-order valence-corrected chi connectivity index (χ3v) is 5.05. The standard InChI is InChI=1S/C25H21N3O4/c1-16-19(10-7-8-17-12-14-18(15-13-17)27(3)4)23(29)28(24(30)22(16)26-2)21-11-6-5-9-20(21)25(31)32/h5-15H,1,3-4H3,(H,31,32)/b8-7+,19-10+. The summed E-state index contributed by atoms with van der Waals surface area (Å²) in [5, 5.41) is 9.48. The Hall–Kier alpha value is -4.44. The van der Waals surface area contributed by atoms with E-state index in [1.54, 1.807) is 12.2 Å². The van der Waals surface area contributed by atoms with Gasteiger partial charge >= 0.3 is 5.97 Å². The highest BCUT2D eigenvalue weighted by Gasteiger charge is 2.38. The highest BCUT2D eigenvalue weighted by atomic mass is 16.4. The zero-order valence-electron chi connectivity index (χ0n) is 17.9. The van der Waals surface area contributed by atoms with Crippen LogP contribution in [0, 0.1) is 6.57 Å². The van der Waals surface area contributed by atoms with Crippen molar-refractivity contribution in [1.82, 2.24) is 0 Å². The Labute approximate surface area is 186 Å². The van der Waals surface area contributed by atoms with Crippen molar-refractivity contribution in [1.29, 1.82) is 0 Å². The van der Waals surface area contributed by atoms with Gasteiger partial charge in [0.05, 0.1) is 17.8 Å². The minimum absolute atomic E-state index is 0.0715. The van der Waals surface area contributed by atoms with Gasteiger partial charge in [-0.15, -0.1) is 0 Å². The van der Waals surface area contributed by atoms with E-state index in [1.165, 1.54) is 37.3 Å². The van der Waals surface area contributed by atoms with E-state index in [0.29, 0.717) is 0 Å². The number of imide groups is 1. The number of hydrogen-bond acceptors (Lipinski definition) is 4. The Morgan fingerprint density at radius 1 is 1.06 bits per heavy atom. The number of benzene rings is 2. The minimum atomic E-state index is -1.27. The van der Waals surface area contributed by atoms with Gasteiger partial charge in [0, 0.05) is 25.4 Å². The number of anilines is 2. The predicted molar refractivity (Wildman–Crippen MR) is 123 cm³/mol. The summed E-state index contributed by atoms with van der Waals surface area (Å²) in [6, 6.07) is 13.5. The number of hydrogen-bond donors (Lipinski definition) is 1. The average Bonchev–Trinajstić information content (AvgIpc) is 2.77. The third-order valence-electron chi connectivity index (χ3n) is 5.05. The van der Waals surface area contributed by atoms with Crippen molar-refractivity contribution < 1.29 is 19.5 Å². The van der Waals surface area contributed by atoms with Gasteiger partial charge < -0.3 is 10.0 Å². The molecule has 32 heavy (non-hydrogen) atoms. The second-order valence-electron chi connectivity index (χ2n) is 7.28. The molecule has 7 nitrogen and oxygen atoms in total. The Morgan fingerprint density at radius 2 is 1.72 bits per heavy atom. The van der Waals surface area contributed by atoms with Crippen LogP contribution in [0.4, 0.5) is 11.4 Å². The molecule has 0 spiro atoms. The molecule has 0 saturated heterocycles. The molecule has 1 N–H and O–H groups in total. The Bertz CT molecular complexity index is 1230. The average molecular weight is 427 g/mol. The van der Waals surface area contributed by atoms with Crippen molar-refractivity contribution in [2.75, 3.05) is 23.9 Å². The summed E-state index contributed by atoms with van der Waals surface area (Å²) < 4.78 is 0. The van der Waals surface area contributed by atoms with Crippen LogP contribution in [0.25, 0.3) is 10.9 Å². The van der Waals surface area contributed by atoms with E-state index < -0.39 is 17.8 Å². The normalized spacial score (nSPS) is 15.4. The van der Waals surface area contributed by atoms with Crippen LogP contribution in [0.15, 0.2) is 77.5 Å². The van der Waals surface area contributed by atoms with E-state index >= 15 is 0 Å². The Morgan fingerprint density at radius 3 is 2.31 bits per heavy atom. The quantitative estimate of drug-likeness (QED) is 0.440. The van der Waals surface area contributed by atoms with E-state index in [4.69, 9.17) is 6.57 Å². The number of rotatable bonds is 5. The largest absolute Gasteiger partial charge is 0.478 e. The molecule has 2 aromatic rings. The van der Waals surface area contributed by atoms with Crippen LogP contribution in [-0.4, -0.2) is 37.0 Å². The van der Waals surface area contributed by atoms with Gasteiger partial charge in [0.1, 0.15) is 0 Å². The monoisotopic (exact) mass is 427 g/mol. The number of nitrogens with zero attached hydrogens (tertiary/aromatic N) is 3. The second kappa shape index (κ2) is 9.14. The predicted octanol–water partition coefficient (Wildman–Crippen LogP) is 4.16.